The van der Waals surface area contributed by atoms with Gasteiger partial charge in [-0.3, -0.25) is 4.98 Å². The van der Waals surface area contributed by atoms with Gasteiger partial charge in [-0.05, 0) is 6.07 Å². The monoisotopic (exact) mass is 157 g/mol. The van der Waals surface area contributed by atoms with Gasteiger partial charge in [0, 0.05) is 6.54 Å². The Bertz CT molecular complexity index is 236. The van der Waals surface area contributed by atoms with Gasteiger partial charge in [0.2, 0.25) is 0 Å². The first-order valence-electron chi connectivity index (χ1n) is 2.84. The fraction of sp³-hybridized carbons (Fsp3) is 0.167. The van der Waals surface area contributed by atoms with Crippen LogP contribution < -0.4 is 11.5 Å². The summed E-state index contributed by atoms with van der Waals surface area (Å²) < 4.78 is 0. The van der Waals surface area contributed by atoms with E-state index in [0.29, 0.717) is 17.3 Å². The molecular weight excluding hydrogens is 150 g/mol. The van der Waals surface area contributed by atoms with Gasteiger partial charge in [-0.15, -0.1) is 0 Å². The van der Waals surface area contributed by atoms with Gasteiger partial charge in [-0.25, -0.2) is 0 Å². The zero-order valence-electron chi connectivity index (χ0n) is 5.34. The number of rotatable bonds is 1. The molecule has 3 nitrogen and oxygen atoms in total. The molecule has 1 rings (SSSR count). The molecule has 54 valence electrons. The molecule has 0 saturated heterocycles. The van der Waals surface area contributed by atoms with Gasteiger partial charge in [0.05, 0.1) is 22.6 Å². The number of hydrogen-bond donors (Lipinski definition) is 2. The van der Waals surface area contributed by atoms with E-state index in [4.69, 9.17) is 23.1 Å². The summed E-state index contributed by atoms with van der Waals surface area (Å²) in [7, 11) is 0. The minimum atomic E-state index is 0.389. The molecule has 0 spiro atoms. The largest absolute Gasteiger partial charge is 0.396 e. The third-order valence-electron chi connectivity index (χ3n) is 1.15. The number of halogens is 1. The van der Waals surface area contributed by atoms with Crippen LogP contribution in [0.15, 0.2) is 12.3 Å². The Hall–Kier alpha value is -0.800. The van der Waals surface area contributed by atoms with E-state index >= 15 is 0 Å². The van der Waals surface area contributed by atoms with Gasteiger partial charge in [0.15, 0.2) is 0 Å². The Morgan fingerprint density at radius 1 is 1.60 bits per heavy atom. The number of nitrogen functional groups attached to an aromatic ring is 1. The lowest BCUT2D eigenvalue weighted by Gasteiger charge is -1.98. The Labute approximate surface area is 64.0 Å². The number of hydrogen-bond acceptors (Lipinski definition) is 3. The van der Waals surface area contributed by atoms with Crippen LogP contribution in [0.3, 0.4) is 0 Å². The lowest BCUT2D eigenvalue weighted by molar-refractivity contribution is 0.992. The van der Waals surface area contributed by atoms with E-state index < -0.39 is 0 Å². The zero-order chi connectivity index (χ0) is 7.56. The molecule has 4 N–H and O–H groups in total. The van der Waals surface area contributed by atoms with E-state index in [1.54, 1.807) is 6.07 Å². The molecule has 1 aromatic heterocycles. The second-order valence-electron chi connectivity index (χ2n) is 1.90. The molecule has 0 atom stereocenters. The smallest absolute Gasteiger partial charge is 0.0690 e. The SMILES string of the molecule is NCc1cc(Cl)c(N)cn1. The molecule has 0 aliphatic carbocycles. The topological polar surface area (TPSA) is 64.9 Å². The van der Waals surface area contributed by atoms with Crippen molar-refractivity contribution in [1.82, 2.24) is 4.98 Å². The third kappa shape index (κ3) is 1.37. The van der Waals surface area contributed by atoms with E-state index in [1.165, 1.54) is 6.20 Å². The Balaban J connectivity index is 3.04. The summed E-state index contributed by atoms with van der Waals surface area (Å²) in [5.41, 5.74) is 11.9. The van der Waals surface area contributed by atoms with E-state index in [0.717, 1.165) is 5.69 Å². The minimum Gasteiger partial charge on any atom is -0.396 e. The average Bonchev–Trinajstić information content (AvgIpc) is 1.95. The van der Waals surface area contributed by atoms with Crippen LogP contribution in [0.25, 0.3) is 0 Å². The van der Waals surface area contributed by atoms with Crippen LogP contribution in [0, 0.1) is 0 Å². The van der Waals surface area contributed by atoms with Crippen LogP contribution in [-0.4, -0.2) is 4.98 Å². The van der Waals surface area contributed by atoms with Crippen molar-refractivity contribution in [1.29, 1.82) is 0 Å². The van der Waals surface area contributed by atoms with Crippen molar-refractivity contribution in [3.63, 3.8) is 0 Å². The van der Waals surface area contributed by atoms with Crippen molar-refractivity contribution >= 4 is 17.3 Å². The van der Waals surface area contributed by atoms with Crippen molar-refractivity contribution in [2.45, 2.75) is 6.54 Å². The fourth-order valence-electron chi connectivity index (χ4n) is 0.593. The molecule has 4 heteroatoms. The quantitative estimate of drug-likeness (QED) is 0.633. The summed E-state index contributed by atoms with van der Waals surface area (Å²) in [6, 6.07) is 1.66. The van der Waals surface area contributed by atoms with E-state index in [-0.39, 0.29) is 0 Å². The van der Waals surface area contributed by atoms with Crippen molar-refractivity contribution < 1.29 is 0 Å². The molecule has 0 bridgehead atoms. The summed E-state index contributed by atoms with van der Waals surface area (Å²) in [6.45, 7) is 0.389. The van der Waals surface area contributed by atoms with Crippen molar-refractivity contribution in [3.8, 4) is 0 Å². The Kier molecular flexibility index (Phi) is 2.09. The Morgan fingerprint density at radius 2 is 2.30 bits per heavy atom. The normalized spacial score (nSPS) is 9.80. The summed E-state index contributed by atoms with van der Waals surface area (Å²) in [5.74, 6) is 0. The van der Waals surface area contributed by atoms with Crippen LogP contribution >= 0.6 is 11.6 Å². The van der Waals surface area contributed by atoms with Gasteiger partial charge in [0.1, 0.15) is 0 Å². The van der Waals surface area contributed by atoms with E-state index in [2.05, 4.69) is 4.98 Å². The zero-order valence-corrected chi connectivity index (χ0v) is 6.10. The molecule has 1 heterocycles. The fourth-order valence-corrected chi connectivity index (χ4v) is 0.767. The van der Waals surface area contributed by atoms with Crippen LogP contribution in [0.4, 0.5) is 5.69 Å². The summed E-state index contributed by atoms with van der Waals surface area (Å²) in [5, 5.41) is 0.510. The van der Waals surface area contributed by atoms with Crippen molar-refractivity contribution in [2.24, 2.45) is 5.73 Å². The van der Waals surface area contributed by atoms with Gasteiger partial charge >= 0.3 is 0 Å². The number of nitrogens with zero attached hydrogens (tertiary/aromatic N) is 1. The highest BCUT2D eigenvalue weighted by Gasteiger charge is 1.96. The maximum Gasteiger partial charge on any atom is 0.0690 e. The molecule has 0 aliphatic rings. The Morgan fingerprint density at radius 3 is 2.80 bits per heavy atom. The molecular formula is C6H8ClN3. The maximum atomic E-state index is 5.67. The number of aromatic nitrogens is 1. The van der Waals surface area contributed by atoms with E-state index in [9.17, 15) is 0 Å². The molecule has 0 radical (unpaired) electrons. The maximum absolute atomic E-state index is 5.67. The van der Waals surface area contributed by atoms with Crippen LogP contribution in [0.2, 0.25) is 5.02 Å². The molecule has 10 heavy (non-hydrogen) atoms. The first kappa shape index (κ1) is 7.31. The second-order valence-corrected chi connectivity index (χ2v) is 2.31. The number of pyridine rings is 1. The highest BCUT2D eigenvalue weighted by molar-refractivity contribution is 6.33. The van der Waals surface area contributed by atoms with Gasteiger partial charge in [0.25, 0.3) is 0 Å². The molecule has 0 saturated carbocycles. The molecule has 0 fully saturated rings. The van der Waals surface area contributed by atoms with Crippen LogP contribution in [0.5, 0.6) is 0 Å². The molecule has 1 aromatic rings. The number of anilines is 1. The highest BCUT2D eigenvalue weighted by atomic mass is 35.5. The second kappa shape index (κ2) is 2.86. The average molecular weight is 158 g/mol. The summed E-state index contributed by atoms with van der Waals surface area (Å²) in [4.78, 5) is 3.92. The minimum absolute atomic E-state index is 0.389. The summed E-state index contributed by atoms with van der Waals surface area (Å²) >= 11 is 5.67. The predicted molar refractivity (Wildman–Crippen MR) is 41.6 cm³/mol. The van der Waals surface area contributed by atoms with Crippen LogP contribution in [0.1, 0.15) is 5.69 Å². The van der Waals surface area contributed by atoms with Gasteiger partial charge < -0.3 is 11.5 Å². The van der Waals surface area contributed by atoms with E-state index in [1.807, 2.05) is 0 Å². The van der Waals surface area contributed by atoms with Gasteiger partial charge in [-0.1, -0.05) is 11.6 Å². The lowest BCUT2D eigenvalue weighted by atomic mass is 10.3. The number of nitrogens with two attached hydrogens (primary N) is 2. The van der Waals surface area contributed by atoms with Crippen molar-refractivity contribution in [2.75, 3.05) is 5.73 Å². The summed E-state index contributed by atoms with van der Waals surface area (Å²) in [6.07, 6.45) is 1.50. The molecule has 0 aromatic carbocycles. The standard InChI is InChI=1S/C6H8ClN3/c7-5-1-4(2-8)10-3-6(5)9/h1,3H,2,8-9H2. The highest BCUT2D eigenvalue weighted by Crippen LogP contribution is 2.16. The molecule has 0 unspecified atom stereocenters. The molecule has 0 aliphatic heterocycles. The lowest BCUT2D eigenvalue weighted by Crippen LogP contribution is -2.00. The first-order valence-corrected chi connectivity index (χ1v) is 3.22. The van der Waals surface area contributed by atoms with Gasteiger partial charge in [-0.2, -0.15) is 0 Å². The van der Waals surface area contributed by atoms with Crippen LogP contribution in [-0.2, 0) is 6.54 Å². The first-order chi connectivity index (χ1) is 4.74. The molecule has 0 amide bonds. The third-order valence-corrected chi connectivity index (χ3v) is 1.48. The van der Waals surface area contributed by atoms with Crippen molar-refractivity contribution in [3.05, 3.63) is 23.0 Å². The predicted octanol–water partition coefficient (Wildman–Crippen LogP) is 0.776.